The minimum Gasteiger partial charge on any atom is -0.478 e. The third kappa shape index (κ3) is 3.36. The smallest absolute Gasteiger partial charge is 0.336 e. The molecule has 0 unspecified atom stereocenters. The highest BCUT2D eigenvalue weighted by Crippen LogP contribution is 2.22. The van der Waals surface area contributed by atoms with Crippen LogP contribution in [0.15, 0.2) is 42.6 Å². The van der Waals surface area contributed by atoms with Crippen molar-refractivity contribution < 1.29 is 19.4 Å². The van der Waals surface area contributed by atoms with Gasteiger partial charge in [-0.2, -0.15) is 0 Å². The molecule has 6 heteroatoms. The van der Waals surface area contributed by atoms with Crippen LogP contribution in [0.25, 0.3) is 0 Å². The first-order chi connectivity index (χ1) is 10.1. The summed E-state index contributed by atoms with van der Waals surface area (Å²) in [6.07, 6.45) is 1.55. The van der Waals surface area contributed by atoms with Gasteiger partial charge in [-0.3, -0.25) is 4.79 Å². The van der Waals surface area contributed by atoms with Gasteiger partial charge in [-0.25, -0.2) is 9.78 Å². The minimum absolute atomic E-state index is 0.0585. The monoisotopic (exact) mass is 286 g/mol. The maximum absolute atomic E-state index is 12.2. The zero-order valence-corrected chi connectivity index (χ0v) is 11.4. The number of carbonyl (C=O) groups excluding carboxylic acids is 1. The molecule has 2 aromatic rings. The molecule has 0 saturated heterocycles. The Hall–Kier alpha value is -2.89. The first kappa shape index (κ1) is 14.5. The zero-order valence-electron chi connectivity index (χ0n) is 11.4. The molecular formula is C15H14N2O4. The van der Waals surface area contributed by atoms with E-state index in [0.29, 0.717) is 18.2 Å². The standard InChI is InChI=1S/C15H14N2O4/c1-2-21-14-12(8-5-9-16-14)17-13(18)10-6-3-4-7-11(10)15(19)20/h3-9H,2H2,1H3,(H,17,18)(H,19,20). The molecule has 0 bridgehead atoms. The fourth-order valence-electron chi connectivity index (χ4n) is 1.79. The van der Waals surface area contributed by atoms with Gasteiger partial charge in [0, 0.05) is 6.20 Å². The normalized spacial score (nSPS) is 9.95. The number of amides is 1. The van der Waals surface area contributed by atoms with Crippen molar-refractivity contribution in [3.63, 3.8) is 0 Å². The van der Waals surface area contributed by atoms with Crippen LogP contribution in [0.2, 0.25) is 0 Å². The van der Waals surface area contributed by atoms with Gasteiger partial charge >= 0.3 is 5.97 Å². The number of aromatic nitrogens is 1. The number of hydrogen-bond donors (Lipinski definition) is 2. The average molecular weight is 286 g/mol. The number of nitrogens with one attached hydrogen (secondary N) is 1. The van der Waals surface area contributed by atoms with Gasteiger partial charge < -0.3 is 15.2 Å². The molecule has 1 aromatic heterocycles. The van der Waals surface area contributed by atoms with E-state index in [1.807, 2.05) is 0 Å². The summed E-state index contributed by atoms with van der Waals surface area (Å²) >= 11 is 0. The molecule has 0 aliphatic carbocycles. The Kier molecular flexibility index (Phi) is 4.50. The highest BCUT2D eigenvalue weighted by Gasteiger charge is 2.17. The third-order valence-electron chi connectivity index (χ3n) is 2.70. The number of carboxylic acids is 1. The van der Waals surface area contributed by atoms with Gasteiger partial charge in [-0.15, -0.1) is 0 Å². The molecule has 0 radical (unpaired) electrons. The second-order valence-electron chi connectivity index (χ2n) is 4.09. The Morgan fingerprint density at radius 2 is 1.90 bits per heavy atom. The number of anilines is 1. The molecule has 0 fully saturated rings. The lowest BCUT2D eigenvalue weighted by atomic mass is 10.1. The molecule has 2 N–H and O–H groups in total. The Morgan fingerprint density at radius 3 is 2.57 bits per heavy atom. The minimum atomic E-state index is -1.16. The molecule has 0 spiro atoms. The van der Waals surface area contributed by atoms with Crippen LogP contribution in [0.4, 0.5) is 5.69 Å². The van der Waals surface area contributed by atoms with E-state index in [2.05, 4.69) is 10.3 Å². The van der Waals surface area contributed by atoms with Crippen LogP contribution in [0.1, 0.15) is 27.6 Å². The fourth-order valence-corrected chi connectivity index (χ4v) is 1.79. The molecule has 0 aliphatic rings. The number of hydrogen-bond acceptors (Lipinski definition) is 4. The lowest BCUT2D eigenvalue weighted by Crippen LogP contribution is -2.17. The van der Waals surface area contributed by atoms with Gasteiger partial charge in [0.1, 0.15) is 5.69 Å². The van der Waals surface area contributed by atoms with Crippen molar-refractivity contribution in [2.45, 2.75) is 6.92 Å². The third-order valence-corrected chi connectivity index (χ3v) is 2.70. The summed E-state index contributed by atoms with van der Waals surface area (Å²) < 4.78 is 5.31. The van der Waals surface area contributed by atoms with Crippen LogP contribution in [-0.2, 0) is 0 Å². The Labute approximate surface area is 121 Å². The van der Waals surface area contributed by atoms with Gasteiger partial charge in [0.05, 0.1) is 17.7 Å². The molecule has 1 aromatic carbocycles. The summed E-state index contributed by atoms with van der Waals surface area (Å²) in [5.74, 6) is -1.39. The van der Waals surface area contributed by atoms with Crippen molar-refractivity contribution in [3.8, 4) is 5.88 Å². The van der Waals surface area contributed by atoms with Crippen LogP contribution >= 0.6 is 0 Å². The summed E-state index contributed by atoms with van der Waals surface area (Å²) in [7, 11) is 0. The average Bonchev–Trinajstić information content (AvgIpc) is 2.49. The molecule has 1 amide bonds. The van der Waals surface area contributed by atoms with Crippen molar-refractivity contribution in [2.24, 2.45) is 0 Å². The number of pyridine rings is 1. The molecule has 21 heavy (non-hydrogen) atoms. The van der Waals surface area contributed by atoms with Crippen molar-refractivity contribution in [1.29, 1.82) is 0 Å². The van der Waals surface area contributed by atoms with Crippen LogP contribution in [0.5, 0.6) is 5.88 Å². The molecule has 1 heterocycles. The number of ether oxygens (including phenoxy) is 1. The molecule has 2 rings (SSSR count). The summed E-state index contributed by atoms with van der Waals surface area (Å²) in [5.41, 5.74) is 0.415. The van der Waals surface area contributed by atoms with Crippen molar-refractivity contribution in [3.05, 3.63) is 53.7 Å². The highest BCUT2D eigenvalue weighted by molar-refractivity contribution is 6.11. The van der Waals surface area contributed by atoms with Gasteiger partial charge in [-0.05, 0) is 31.2 Å². The molecule has 0 aliphatic heterocycles. The Bertz CT molecular complexity index is 670. The van der Waals surface area contributed by atoms with Gasteiger partial charge in [0.25, 0.3) is 5.91 Å². The number of nitrogens with zero attached hydrogens (tertiary/aromatic N) is 1. The molecule has 0 saturated carbocycles. The van der Waals surface area contributed by atoms with E-state index in [0.717, 1.165) is 0 Å². The number of carboxylic acid groups (broad SMARTS) is 1. The number of aromatic carboxylic acids is 1. The van der Waals surface area contributed by atoms with Crippen LogP contribution in [0, 0.1) is 0 Å². The van der Waals surface area contributed by atoms with E-state index < -0.39 is 11.9 Å². The second kappa shape index (κ2) is 6.51. The van der Waals surface area contributed by atoms with Crippen molar-refractivity contribution >= 4 is 17.6 Å². The van der Waals surface area contributed by atoms with Crippen LogP contribution in [-0.4, -0.2) is 28.6 Å². The van der Waals surface area contributed by atoms with E-state index in [9.17, 15) is 9.59 Å². The van der Waals surface area contributed by atoms with Crippen molar-refractivity contribution in [1.82, 2.24) is 4.98 Å². The summed E-state index contributed by atoms with van der Waals surface area (Å²) in [6.45, 7) is 2.21. The fraction of sp³-hybridized carbons (Fsp3) is 0.133. The van der Waals surface area contributed by atoms with E-state index in [-0.39, 0.29) is 11.1 Å². The topological polar surface area (TPSA) is 88.5 Å². The zero-order chi connectivity index (χ0) is 15.2. The molecule has 0 atom stereocenters. The Balaban J connectivity index is 2.29. The maximum Gasteiger partial charge on any atom is 0.336 e. The lowest BCUT2D eigenvalue weighted by Gasteiger charge is -2.11. The second-order valence-corrected chi connectivity index (χ2v) is 4.09. The molecule has 6 nitrogen and oxygen atoms in total. The molecular weight excluding hydrogens is 272 g/mol. The van der Waals surface area contributed by atoms with Gasteiger partial charge in [-0.1, -0.05) is 12.1 Å². The predicted molar refractivity (Wildman–Crippen MR) is 76.8 cm³/mol. The predicted octanol–water partition coefficient (Wildman–Crippen LogP) is 2.43. The quantitative estimate of drug-likeness (QED) is 0.881. The Morgan fingerprint density at radius 1 is 1.19 bits per heavy atom. The SMILES string of the molecule is CCOc1ncccc1NC(=O)c1ccccc1C(=O)O. The first-order valence-electron chi connectivity index (χ1n) is 6.35. The van der Waals surface area contributed by atoms with Gasteiger partial charge in [0.2, 0.25) is 5.88 Å². The van der Waals surface area contributed by atoms with E-state index >= 15 is 0 Å². The van der Waals surface area contributed by atoms with E-state index in [1.165, 1.54) is 12.1 Å². The van der Waals surface area contributed by atoms with Gasteiger partial charge in [0.15, 0.2) is 0 Å². The summed E-state index contributed by atoms with van der Waals surface area (Å²) in [5, 5.41) is 11.7. The first-order valence-corrected chi connectivity index (χ1v) is 6.35. The number of rotatable bonds is 5. The van der Waals surface area contributed by atoms with E-state index in [4.69, 9.17) is 9.84 Å². The summed E-state index contributed by atoms with van der Waals surface area (Å²) in [4.78, 5) is 27.4. The molecule has 108 valence electrons. The van der Waals surface area contributed by atoms with Crippen LogP contribution < -0.4 is 10.1 Å². The number of benzene rings is 1. The van der Waals surface area contributed by atoms with Crippen molar-refractivity contribution in [2.75, 3.05) is 11.9 Å². The highest BCUT2D eigenvalue weighted by atomic mass is 16.5. The largest absolute Gasteiger partial charge is 0.478 e. The van der Waals surface area contributed by atoms with Crippen LogP contribution in [0.3, 0.4) is 0 Å². The maximum atomic E-state index is 12.2. The summed E-state index contributed by atoms with van der Waals surface area (Å²) in [6, 6.07) is 9.30. The lowest BCUT2D eigenvalue weighted by molar-refractivity contribution is 0.0692. The number of carbonyl (C=O) groups is 2. The van der Waals surface area contributed by atoms with E-state index in [1.54, 1.807) is 37.4 Å².